The molecular weight excluding hydrogens is 788 g/mol. The van der Waals surface area contributed by atoms with Gasteiger partial charge in [0.2, 0.25) is 23.5 Å². The molecule has 12 rings (SSSR count). The number of nitrogens with one attached hydrogen (secondary N) is 2. The number of hydrogen-bond acceptors (Lipinski definition) is 11. The summed E-state index contributed by atoms with van der Waals surface area (Å²) in [5, 5.41) is 18.9. The molecule has 6 aliphatic heterocycles. The summed E-state index contributed by atoms with van der Waals surface area (Å²) in [5.74, 6) is -1.76. The van der Waals surface area contributed by atoms with Gasteiger partial charge in [-0.3, -0.25) is 10.00 Å². The van der Waals surface area contributed by atoms with Crippen molar-refractivity contribution in [3.63, 3.8) is 0 Å². The molecule has 5 atom stereocenters. The summed E-state index contributed by atoms with van der Waals surface area (Å²) in [5.41, 5.74) is 3.58. The number of alkyl halides is 2. The Bertz CT molecular complexity index is 2750. The number of rotatable bonds is 8. The summed E-state index contributed by atoms with van der Waals surface area (Å²) in [4.78, 5) is 13.0. The molecule has 4 fully saturated rings. The standard InChI is InChI=1S/C45H42F3N9O4/c1-41(2)17-30(60-37-8-6-33-34-14-36(46)35(27-19-49-50-20-27)13-26(34)22-59-40(33)53-37)18-42(3,55-41)23-43-24-44(15-29(56(43)44)16-45(43,47)48)61-38-9-7-32-31-5-4-28(57-51-10-11-52-57)12-25(31)21-58-39(32)54-38/h4-14,19-20,29-30,55H,15-18,21-24H2,1-3H3,(H,49,50). The van der Waals surface area contributed by atoms with Crippen molar-refractivity contribution in [2.24, 2.45) is 0 Å². The topological polar surface area (TPSA) is 137 Å². The number of aromatic nitrogens is 7. The monoisotopic (exact) mass is 829 g/mol. The summed E-state index contributed by atoms with van der Waals surface area (Å²) in [6.45, 7) is 6.73. The molecule has 0 saturated carbocycles. The molecule has 61 heavy (non-hydrogen) atoms. The zero-order valence-electron chi connectivity index (χ0n) is 33.7. The highest BCUT2D eigenvalue weighted by Crippen LogP contribution is 2.71. The van der Waals surface area contributed by atoms with Gasteiger partial charge in [-0.25, -0.2) is 13.2 Å². The fourth-order valence-corrected chi connectivity index (χ4v) is 11.7. The average molecular weight is 830 g/mol. The molecule has 0 spiro atoms. The maximum absolute atomic E-state index is 16.5. The van der Waals surface area contributed by atoms with Gasteiger partial charge in [0, 0.05) is 89.8 Å². The highest BCUT2D eigenvalue weighted by Gasteiger charge is 2.85. The number of ether oxygens (including phenoxy) is 4. The van der Waals surface area contributed by atoms with Crippen molar-refractivity contribution in [1.29, 1.82) is 0 Å². The van der Waals surface area contributed by atoms with Gasteiger partial charge in [0.05, 0.1) is 29.8 Å². The Kier molecular flexibility index (Phi) is 7.57. The Hall–Kier alpha value is -6.00. The van der Waals surface area contributed by atoms with Crippen LogP contribution in [0, 0.1) is 5.82 Å². The van der Waals surface area contributed by atoms with E-state index >= 15 is 13.2 Å². The van der Waals surface area contributed by atoms with Crippen molar-refractivity contribution in [2.75, 3.05) is 0 Å². The van der Waals surface area contributed by atoms with Crippen molar-refractivity contribution >= 4 is 0 Å². The van der Waals surface area contributed by atoms with E-state index in [1.165, 1.54) is 6.07 Å². The number of piperidine rings is 2. The number of halogens is 3. The van der Waals surface area contributed by atoms with Crippen LogP contribution >= 0.6 is 0 Å². The molecule has 312 valence electrons. The number of benzene rings is 2. The first-order valence-corrected chi connectivity index (χ1v) is 20.7. The largest absolute Gasteiger partial charge is 0.474 e. The Balaban J connectivity index is 0.764. The summed E-state index contributed by atoms with van der Waals surface area (Å²) >= 11 is 0. The third kappa shape index (κ3) is 5.63. The highest BCUT2D eigenvalue weighted by molar-refractivity contribution is 5.78. The lowest BCUT2D eigenvalue weighted by molar-refractivity contribution is -0.342. The molecule has 2 aromatic carbocycles. The molecule has 0 bridgehead atoms. The molecule has 4 saturated heterocycles. The third-order valence-corrected chi connectivity index (χ3v) is 13.6. The fraction of sp³-hybridized carbons (Fsp3) is 0.400. The van der Waals surface area contributed by atoms with E-state index in [1.54, 1.807) is 47.8 Å². The Labute approximate surface area is 348 Å². The van der Waals surface area contributed by atoms with Crippen LogP contribution in [0.5, 0.6) is 23.5 Å². The molecule has 2 N–H and O–H groups in total. The van der Waals surface area contributed by atoms with Crippen LogP contribution in [0.3, 0.4) is 0 Å². The normalized spacial score (nSPS) is 28.4. The number of pyridine rings is 2. The highest BCUT2D eigenvalue weighted by atomic mass is 19.3. The van der Waals surface area contributed by atoms with Crippen molar-refractivity contribution in [2.45, 2.75) is 113 Å². The quantitative estimate of drug-likeness (QED) is 0.156. The first-order chi connectivity index (χ1) is 29.3. The molecule has 10 heterocycles. The second-order valence-corrected chi connectivity index (χ2v) is 18.5. The van der Waals surface area contributed by atoms with Crippen LogP contribution in [-0.4, -0.2) is 80.5 Å². The smallest absolute Gasteiger partial charge is 0.268 e. The number of nitrogens with zero attached hydrogens (tertiary/aromatic N) is 7. The predicted molar refractivity (Wildman–Crippen MR) is 215 cm³/mol. The van der Waals surface area contributed by atoms with E-state index in [2.05, 4.69) is 39.6 Å². The van der Waals surface area contributed by atoms with Crippen molar-refractivity contribution in [1.82, 2.24) is 45.4 Å². The predicted octanol–water partition coefficient (Wildman–Crippen LogP) is 7.79. The van der Waals surface area contributed by atoms with Crippen LogP contribution < -0.4 is 24.3 Å². The first kappa shape index (κ1) is 36.8. The van der Waals surface area contributed by atoms with Crippen LogP contribution in [0.4, 0.5) is 13.2 Å². The fourth-order valence-electron chi connectivity index (χ4n) is 11.7. The summed E-state index contributed by atoms with van der Waals surface area (Å²) in [6, 6.07) is 16.3. The van der Waals surface area contributed by atoms with Gasteiger partial charge < -0.3 is 24.3 Å². The zero-order chi connectivity index (χ0) is 41.5. The third-order valence-electron chi connectivity index (χ3n) is 13.6. The van der Waals surface area contributed by atoms with Crippen LogP contribution in [0.25, 0.3) is 39.1 Å². The van der Waals surface area contributed by atoms with Crippen molar-refractivity contribution in [3.8, 4) is 62.6 Å². The minimum absolute atomic E-state index is 0.175. The SMILES string of the molecule is CC1(C)CC(Oc2ccc3c(n2)OCc2cc(-c4cn[nH]c4)c(F)cc2-3)CC(C)(CC23CC4(Oc5ccc6c(n5)OCc5cc(-n7nccn7)ccc5-6)CC(CC2(F)F)N43)N1. The van der Waals surface area contributed by atoms with Gasteiger partial charge in [-0.1, -0.05) is 6.07 Å². The van der Waals surface area contributed by atoms with Crippen LogP contribution in [0.15, 0.2) is 79.4 Å². The van der Waals surface area contributed by atoms with E-state index in [0.29, 0.717) is 71.6 Å². The molecule has 0 amide bonds. The maximum atomic E-state index is 16.5. The Morgan fingerprint density at radius 3 is 2.30 bits per heavy atom. The van der Waals surface area contributed by atoms with E-state index < -0.39 is 28.3 Å². The van der Waals surface area contributed by atoms with Gasteiger partial charge in [-0.15, -0.1) is 0 Å². The second-order valence-electron chi connectivity index (χ2n) is 18.5. The first-order valence-electron chi connectivity index (χ1n) is 20.7. The van der Waals surface area contributed by atoms with E-state index in [1.807, 2.05) is 42.2 Å². The minimum atomic E-state index is -2.92. The minimum Gasteiger partial charge on any atom is -0.474 e. The molecule has 4 aromatic heterocycles. The Morgan fingerprint density at radius 2 is 1.52 bits per heavy atom. The molecule has 5 unspecified atom stereocenters. The van der Waals surface area contributed by atoms with Crippen molar-refractivity contribution < 1.29 is 32.1 Å². The molecule has 16 heteroatoms. The molecule has 6 aromatic rings. The van der Waals surface area contributed by atoms with E-state index in [4.69, 9.17) is 28.9 Å². The maximum Gasteiger partial charge on any atom is 0.268 e. The van der Waals surface area contributed by atoms with E-state index in [-0.39, 0.29) is 43.8 Å². The lowest BCUT2D eigenvalue weighted by Crippen LogP contribution is -2.86. The summed E-state index contributed by atoms with van der Waals surface area (Å²) < 4.78 is 73.6. The number of H-pyrrole nitrogens is 1. The number of aromatic amines is 1. The second kappa shape index (κ2) is 12.5. The van der Waals surface area contributed by atoms with Crippen LogP contribution in [0.1, 0.15) is 70.4 Å². The van der Waals surface area contributed by atoms with Gasteiger partial charge >= 0.3 is 0 Å². The lowest BCUT2D eigenvalue weighted by atomic mass is 9.62. The summed E-state index contributed by atoms with van der Waals surface area (Å²) in [6.07, 6.45) is 7.96. The Morgan fingerprint density at radius 1 is 0.803 bits per heavy atom. The van der Waals surface area contributed by atoms with E-state index in [9.17, 15) is 0 Å². The van der Waals surface area contributed by atoms with Crippen LogP contribution in [-0.2, 0) is 13.2 Å². The molecule has 6 aliphatic rings. The molecule has 13 nitrogen and oxygen atoms in total. The molecule has 0 radical (unpaired) electrons. The number of hydrogen-bond donors (Lipinski definition) is 2. The van der Waals surface area contributed by atoms with Gasteiger partial charge in [0.1, 0.15) is 25.1 Å². The van der Waals surface area contributed by atoms with Gasteiger partial charge in [-0.05, 0) is 85.8 Å². The van der Waals surface area contributed by atoms with Gasteiger partial charge in [0.15, 0.2) is 5.72 Å². The zero-order valence-corrected chi connectivity index (χ0v) is 33.7. The van der Waals surface area contributed by atoms with Crippen molar-refractivity contribution in [3.05, 3.63) is 96.3 Å². The van der Waals surface area contributed by atoms with E-state index in [0.717, 1.165) is 27.9 Å². The lowest BCUT2D eigenvalue weighted by Gasteiger charge is -2.71. The van der Waals surface area contributed by atoms with Gasteiger partial charge in [-0.2, -0.15) is 30.1 Å². The average Bonchev–Trinajstić information content (AvgIpc) is 3.95. The number of fused-ring (bicyclic) bond motifs is 6. The summed E-state index contributed by atoms with van der Waals surface area (Å²) in [7, 11) is 0. The molecular formula is C45H42F3N9O4. The van der Waals surface area contributed by atoms with Crippen LogP contribution in [0.2, 0.25) is 0 Å². The molecule has 0 aliphatic carbocycles. The van der Waals surface area contributed by atoms with Gasteiger partial charge in [0.25, 0.3) is 5.92 Å².